The monoisotopic (exact) mass is 219 g/mol. The van der Waals surface area contributed by atoms with Crippen molar-refractivity contribution in [2.45, 2.75) is 13.8 Å². The molecule has 0 aromatic carbocycles. The summed E-state index contributed by atoms with van der Waals surface area (Å²) in [6, 6.07) is 0. The average Bonchev–Trinajstić information content (AvgIpc) is 2.79. The fourth-order valence-electron chi connectivity index (χ4n) is 1.44. The minimum absolute atomic E-state index is 0.229. The molecule has 0 spiro atoms. The van der Waals surface area contributed by atoms with Gasteiger partial charge in [0.15, 0.2) is 0 Å². The first kappa shape index (κ1) is 10.4. The largest absolute Gasteiger partial charge is 0.340 e. The molecule has 2 heterocycles. The number of imidazole rings is 1. The van der Waals surface area contributed by atoms with Gasteiger partial charge >= 0.3 is 0 Å². The standard InChI is InChI=1S/C10H13N5O/c1-6-9(7(2)14-13-6)12-10(16)8-4-15(3)5-11-8/h4-5H,1-3H3,(H,12,16)(H,13,14). The molecule has 0 aliphatic carbocycles. The molecule has 0 saturated carbocycles. The highest BCUT2D eigenvalue weighted by molar-refractivity contribution is 6.03. The van der Waals surface area contributed by atoms with Gasteiger partial charge in [0, 0.05) is 13.2 Å². The van der Waals surface area contributed by atoms with Crippen molar-refractivity contribution < 1.29 is 4.79 Å². The van der Waals surface area contributed by atoms with E-state index in [0.717, 1.165) is 17.1 Å². The molecular weight excluding hydrogens is 206 g/mol. The van der Waals surface area contributed by atoms with Crippen LogP contribution in [-0.2, 0) is 7.05 Å². The van der Waals surface area contributed by atoms with Crippen molar-refractivity contribution in [3.05, 3.63) is 29.6 Å². The van der Waals surface area contributed by atoms with Gasteiger partial charge in [-0.25, -0.2) is 4.98 Å². The van der Waals surface area contributed by atoms with E-state index in [2.05, 4.69) is 20.5 Å². The summed E-state index contributed by atoms with van der Waals surface area (Å²) in [4.78, 5) is 15.8. The van der Waals surface area contributed by atoms with Gasteiger partial charge in [-0.3, -0.25) is 9.89 Å². The highest BCUT2D eigenvalue weighted by Crippen LogP contribution is 2.16. The molecule has 0 fully saturated rings. The van der Waals surface area contributed by atoms with E-state index in [1.54, 1.807) is 17.1 Å². The Morgan fingerprint density at radius 2 is 2.25 bits per heavy atom. The zero-order valence-electron chi connectivity index (χ0n) is 9.40. The zero-order chi connectivity index (χ0) is 11.7. The highest BCUT2D eigenvalue weighted by atomic mass is 16.1. The van der Waals surface area contributed by atoms with Gasteiger partial charge in [-0.2, -0.15) is 5.10 Å². The minimum atomic E-state index is -0.229. The van der Waals surface area contributed by atoms with Crippen molar-refractivity contribution in [3.63, 3.8) is 0 Å². The third-order valence-corrected chi connectivity index (χ3v) is 2.30. The normalized spacial score (nSPS) is 10.4. The Kier molecular flexibility index (Phi) is 2.47. The van der Waals surface area contributed by atoms with Gasteiger partial charge in [0.1, 0.15) is 5.69 Å². The van der Waals surface area contributed by atoms with Gasteiger partial charge in [0.25, 0.3) is 5.91 Å². The van der Waals surface area contributed by atoms with Crippen LogP contribution in [0.1, 0.15) is 21.9 Å². The Morgan fingerprint density at radius 1 is 1.50 bits per heavy atom. The Hall–Kier alpha value is -2.11. The third-order valence-electron chi connectivity index (χ3n) is 2.30. The molecule has 0 bridgehead atoms. The average molecular weight is 219 g/mol. The van der Waals surface area contributed by atoms with Crippen LogP contribution in [-0.4, -0.2) is 25.7 Å². The van der Waals surface area contributed by atoms with Crippen LogP contribution < -0.4 is 5.32 Å². The third kappa shape index (κ3) is 1.81. The van der Waals surface area contributed by atoms with E-state index in [9.17, 15) is 4.79 Å². The van der Waals surface area contributed by atoms with Crippen LogP contribution in [0.3, 0.4) is 0 Å². The lowest BCUT2D eigenvalue weighted by molar-refractivity contribution is 0.102. The van der Waals surface area contributed by atoms with Crippen LogP contribution in [0, 0.1) is 13.8 Å². The molecule has 2 aromatic rings. The number of nitrogens with zero attached hydrogens (tertiary/aromatic N) is 3. The number of rotatable bonds is 2. The number of amides is 1. The SMILES string of the molecule is Cc1n[nH]c(C)c1NC(=O)c1cn(C)cn1. The summed E-state index contributed by atoms with van der Waals surface area (Å²) in [5.74, 6) is -0.229. The van der Waals surface area contributed by atoms with Crippen molar-refractivity contribution in [3.8, 4) is 0 Å². The molecule has 6 nitrogen and oxygen atoms in total. The van der Waals surface area contributed by atoms with Gasteiger partial charge in [-0.05, 0) is 13.8 Å². The number of anilines is 1. The van der Waals surface area contributed by atoms with Gasteiger partial charge < -0.3 is 9.88 Å². The molecule has 0 aliphatic heterocycles. The molecule has 2 N–H and O–H groups in total. The number of nitrogens with one attached hydrogen (secondary N) is 2. The van der Waals surface area contributed by atoms with Crippen molar-refractivity contribution in [2.75, 3.05) is 5.32 Å². The number of carbonyl (C=O) groups is 1. The van der Waals surface area contributed by atoms with Gasteiger partial charge in [0.05, 0.1) is 23.4 Å². The second-order valence-electron chi connectivity index (χ2n) is 3.69. The maximum atomic E-state index is 11.8. The molecule has 16 heavy (non-hydrogen) atoms. The summed E-state index contributed by atoms with van der Waals surface area (Å²) in [7, 11) is 1.82. The van der Waals surface area contributed by atoms with E-state index in [0.29, 0.717) is 5.69 Å². The van der Waals surface area contributed by atoms with E-state index in [1.165, 1.54) is 0 Å². The van der Waals surface area contributed by atoms with Crippen molar-refractivity contribution in [1.29, 1.82) is 0 Å². The molecule has 0 unspecified atom stereocenters. The molecule has 0 aliphatic rings. The quantitative estimate of drug-likeness (QED) is 0.791. The smallest absolute Gasteiger partial charge is 0.275 e. The Bertz CT molecular complexity index is 506. The zero-order valence-corrected chi connectivity index (χ0v) is 9.40. The first-order chi connectivity index (χ1) is 7.58. The number of carbonyl (C=O) groups excluding carboxylic acids is 1. The predicted octanol–water partition coefficient (Wildman–Crippen LogP) is 1.01. The minimum Gasteiger partial charge on any atom is -0.340 e. The molecule has 2 rings (SSSR count). The van der Waals surface area contributed by atoms with Crippen molar-refractivity contribution in [1.82, 2.24) is 19.7 Å². The maximum Gasteiger partial charge on any atom is 0.275 e. The van der Waals surface area contributed by atoms with Crippen molar-refractivity contribution in [2.24, 2.45) is 7.05 Å². The first-order valence-electron chi connectivity index (χ1n) is 4.89. The molecule has 84 valence electrons. The number of aromatic amines is 1. The van der Waals surface area contributed by atoms with E-state index in [-0.39, 0.29) is 5.91 Å². The van der Waals surface area contributed by atoms with E-state index < -0.39 is 0 Å². The first-order valence-corrected chi connectivity index (χ1v) is 4.89. The van der Waals surface area contributed by atoms with E-state index in [4.69, 9.17) is 0 Å². The van der Waals surface area contributed by atoms with E-state index >= 15 is 0 Å². The van der Waals surface area contributed by atoms with Crippen LogP contribution in [0.15, 0.2) is 12.5 Å². The number of hydrogen-bond donors (Lipinski definition) is 2. The molecule has 6 heteroatoms. The lowest BCUT2D eigenvalue weighted by atomic mass is 10.3. The Labute approximate surface area is 92.7 Å². The van der Waals surface area contributed by atoms with Crippen molar-refractivity contribution >= 4 is 11.6 Å². The van der Waals surface area contributed by atoms with Crippen LogP contribution in [0.2, 0.25) is 0 Å². The molecule has 0 radical (unpaired) electrons. The fourth-order valence-corrected chi connectivity index (χ4v) is 1.44. The highest BCUT2D eigenvalue weighted by Gasteiger charge is 2.13. The number of aryl methyl sites for hydroxylation is 3. The fraction of sp³-hybridized carbons (Fsp3) is 0.300. The van der Waals surface area contributed by atoms with Crippen LogP contribution >= 0.6 is 0 Å². The lowest BCUT2D eigenvalue weighted by Gasteiger charge is -2.02. The summed E-state index contributed by atoms with van der Waals surface area (Å²) < 4.78 is 1.73. The van der Waals surface area contributed by atoms with E-state index in [1.807, 2.05) is 20.9 Å². The predicted molar refractivity (Wildman–Crippen MR) is 59.2 cm³/mol. The second-order valence-corrected chi connectivity index (χ2v) is 3.69. The second kappa shape index (κ2) is 3.80. The molecule has 0 atom stereocenters. The van der Waals surface area contributed by atoms with Crippen LogP contribution in [0.25, 0.3) is 0 Å². The summed E-state index contributed by atoms with van der Waals surface area (Å²) in [6.07, 6.45) is 3.25. The summed E-state index contributed by atoms with van der Waals surface area (Å²) >= 11 is 0. The van der Waals surface area contributed by atoms with Crippen LogP contribution in [0.4, 0.5) is 5.69 Å². The molecule has 1 amide bonds. The summed E-state index contributed by atoms with van der Waals surface area (Å²) in [6.45, 7) is 3.69. The molecular formula is C10H13N5O. The number of aromatic nitrogens is 4. The Balaban J connectivity index is 2.20. The number of H-pyrrole nitrogens is 1. The maximum absolute atomic E-state index is 11.8. The summed E-state index contributed by atoms with van der Waals surface area (Å²) in [5, 5.41) is 9.59. The summed E-state index contributed by atoms with van der Waals surface area (Å²) in [5.41, 5.74) is 2.71. The van der Waals surface area contributed by atoms with Gasteiger partial charge in [-0.15, -0.1) is 0 Å². The topological polar surface area (TPSA) is 75.6 Å². The van der Waals surface area contributed by atoms with Gasteiger partial charge in [-0.1, -0.05) is 0 Å². The Morgan fingerprint density at radius 3 is 2.75 bits per heavy atom. The lowest BCUT2D eigenvalue weighted by Crippen LogP contribution is -2.13. The van der Waals surface area contributed by atoms with Gasteiger partial charge in [0.2, 0.25) is 0 Å². The molecule has 2 aromatic heterocycles. The number of hydrogen-bond acceptors (Lipinski definition) is 3. The molecule has 0 saturated heterocycles. The van der Waals surface area contributed by atoms with Crippen LogP contribution in [0.5, 0.6) is 0 Å².